The van der Waals surface area contributed by atoms with E-state index in [1.165, 1.54) is 29.6 Å². The van der Waals surface area contributed by atoms with Crippen LogP contribution in [0, 0.1) is 17.8 Å². The lowest BCUT2D eigenvalue weighted by Crippen LogP contribution is -2.68. The Labute approximate surface area is 159 Å². The predicted molar refractivity (Wildman–Crippen MR) is 112 cm³/mol. The summed E-state index contributed by atoms with van der Waals surface area (Å²) >= 11 is 0. The molecule has 26 heavy (non-hydrogen) atoms. The molecule has 4 rings (SSSR count). The minimum Gasteiger partial charge on any atom is -0.404 e. The van der Waals surface area contributed by atoms with Crippen LogP contribution < -0.4 is 10.4 Å². The van der Waals surface area contributed by atoms with Crippen LogP contribution in [-0.4, -0.2) is 14.4 Å². The van der Waals surface area contributed by atoms with Gasteiger partial charge in [0.15, 0.2) is 0 Å². The highest BCUT2D eigenvalue weighted by Gasteiger charge is 2.54. The van der Waals surface area contributed by atoms with E-state index >= 15 is 0 Å². The van der Waals surface area contributed by atoms with Crippen LogP contribution >= 0.6 is 0 Å². The summed E-state index contributed by atoms with van der Waals surface area (Å²) in [7, 11) is -2.37. The van der Waals surface area contributed by atoms with E-state index in [0.717, 1.165) is 17.8 Å². The molecular weight excluding hydrogens is 332 g/mol. The highest BCUT2D eigenvalue weighted by atomic mass is 28.4. The average Bonchev–Trinajstić information content (AvgIpc) is 3.19. The Morgan fingerprint density at radius 3 is 1.69 bits per heavy atom. The molecule has 2 aromatic rings. The molecule has 2 saturated carbocycles. The molecule has 0 amide bonds. The van der Waals surface area contributed by atoms with Gasteiger partial charge in [-0.25, -0.2) is 0 Å². The molecule has 4 atom stereocenters. The van der Waals surface area contributed by atoms with Gasteiger partial charge >= 0.3 is 0 Å². The Morgan fingerprint density at radius 2 is 1.31 bits per heavy atom. The molecule has 0 saturated heterocycles. The normalized spacial score (nSPS) is 28.5. The monoisotopic (exact) mass is 364 g/mol. The van der Waals surface area contributed by atoms with Crippen molar-refractivity contribution in [3.63, 3.8) is 0 Å². The minimum atomic E-state index is -2.37. The molecular formula is C24H32OSi. The first-order valence-corrected chi connectivity index (χ1v) is 12.1. The van der Waals surface area contributed by atoms with Gasteiger partial charge in [-0.3, -0.25) is 0 Å². The van der Waals surface area contributed by atoms with Gasteiger partial charge in [0.05, 0.1) is 0 Å². The fourth-order valence-electron chi connectivity index (χ4n) is 5.57. The lowest BCUT2D eigenvalue weighted by molar-refractivity contribution is 0.111. The third kappa shape index (κ3) is 2.88. The molecule has 0 spiro atoms. The van der Waals surface area contributed by atoms with Crippen molar-refractivity contribution in [1.29, 1.82) is 0 Å². The number of hydrogen-bond acceptors (Lipinski definition) is 1. The maximum atomic E-state index is 7.36. The zero-order valence-electron chi connectivity index (χ0n) is 16.6. The molecule has 0 unspecified atom stereocenters. The predicted octanol–water partition coefficient (Wildman–Crippen LogP) is 5.00. The summed E-state index contributed by atoms with van der Waals surface area (Å²) in [5, 5.41) is 2.91. The number of fused-ring (bicyclic) bond motifs is 2. The van der Waals surface area contributed by atoms with E-state index in [1.807, 2.05) is 0 Å². The lowest BCUT2D eigenvalue weighted by atomic mass is 9.89. The van der Waals surface area contributed by atoms with Gasteiger partial charge in [-0.05, 0) is 52.4 Å². The topological polar surface area (TPSA) is 9.23 Å². The third-order valence-corrected chi connectivity index (χ3v) is 12.0. The van der Waals surface area contributed by atoms with E-state index in [4.69, 9.17) is 4.43 Å². The average molecular weight is 365 g/mol. The Balaban J connectivity index is 1.81. The van der Waals surface area contributed by atoms with E-state index in [2.05, 4.69) is 88.4 Å². The van der Waals surface area contributed by atoms with E-state index in [-0.39, 0.29) is 5.04 Å². The van der Waals surface area contributed by atoms with Crippen LogP contribution in [0.4, 0.5) is 0 Å². The summed E-state index contributed by atoms with van der Waals surface area (Å²) in [6.07, 6.45) is 4.43. The van der Waals surface area contributed by atoms with Gasteiger partial charge in [-0.2, -0.15) is 0 Å². The fraction of sp³-hybridized carbons (Fsp3) is 0.500. The number of rotatable bonds is 4. The summed E-state index contributed by atoms with van der Waals surface area (Å²) in [6, 6.07) is 22.2. The van der Waals surface area contributed by atoms with Crippen LogP contribution in [0.5, 0.6) is 0 Å². The largest absolute Gasteiger partial charge is 0.404 e. The van der Waals surface area contributed by atoms with Gasteiger partial charge in [0.1, 0.15) is 0 Å². The third-order valence-electron chi connectivity index (χ3n) is 6.89. The van der Waals surface area contributed by atoms with Crippen LogP contribution in [0.1, 0.15) is 47.0 Å². The van der Waals surface area contributed by atoms with Gasteiger partial charge in [0, 0.05) is 6.10 Å². The SMILES string of the molecule is C[C@H]1C[C@H]2C[C@@H]1C[C@@H]2O[Si](c1ccccc1)(c1ccccc1)C(C)(C)C. The summed E-state index contributed by atoms with van der Waals surface area (Å²) in [5.74, 6) is 2.53. The van der Waals surface area contributed by atoms with E-state index < -0.39 is 8.32 Å². The fourth-order valence-corrected chi connectivity index (χ4v) is 10.3. The van der Waals surface area contributed by atoms with E-state index in [0.29, 0.717) is 6.10 Å². The molecule has 138 valence electrons. The summed E-state index contributed by atoms with van der Waals surface area (Å²) < 4.78 is 7.36. The van der Waals surface area contributed by atoms with E-state index in [9.17, 15) is 0 Å². The molecule has 0 heterocycles. The van der Waals surface area contributed by atoms with Gasteiger partial charge < -0.3 is 4.43 Å². The maximum absolute atomic E-state index is 7.36. The molecule has 1 nitrogen and oxygen atoms in total. The first kappa shape index (κ1) is 18.0. The van der Waals surface area contributed by atoms with Gasteiger partial charge in [-0.15, -0.1) is 0 Å². The van der Waals surface area contributed by atoms with Crippen LogP contribution in [0.25, 0.3) is 0 Å². The van der Waals surface area contributed by atoms with Crippen molar-refractivity contribution in [2.45, 2.75) is 58.1 Å². The maximum Gasteiger partial charge on any atom is 0.261 e. The van der Waals surface area contributed by atoms with Crippen molar-refractivity contribution >= 4 is 18.7 Å². The molecule has 2 fully saturated rings. The van der Waals surface area contributed by atoms with Crippen molar-refractivity contribution in [3.05, 3.63) is 60.7 Å². The number of benzene rings is 2. The second-order valence-electron chi connectivity index (χ2n) is 9.52. The second-order valence-corrected chi connectivity index (χ2v) is 13.8. The Bertz CT molecular complexity index is 692. The summed E-state index contributed by atoms with van der Waals surface area (Å²) in [4.78, 5) is 0. The molecule has 0 radical (unpaired) electrons. The minimum absolute atomic E-state index is 0.0865. The smallest absolute Gasteiger partial charge is 0.261 e. The van der Waals surface area contributed by atoms with Gasteiger partial charge in [0.25, 0.3) is 8.32 Å². The zero-order valence-corrected chi connectivity index (χ0v) is 17.6. The van der Waals surface area contributed by atoms with Gasteiger partial charge in [0.2, 0.25) is 0 Å². The highest BCUT2D eigenvalue weighted by molar-refractivity contribution is 6.99. The molecule has 2 bridgehead atoms. The van der Waals surface area contributed by atoms with Crippen molar-refractivity contribution in [2.75, 3.05) is 0 Å². The van der Waals surface area contributed by atoms with Crippen molar-refractivity contribution in [2.24, 2.45) is 17.8 Å². The van der Waals surface area contributed by atoms with Crippen LogP contribution in [0.3, 0.4) is 0 Å². The second kappa shape index (κ2) is 6.65. The molecule has 2 heteroatoms. The van der Waals surface area contributed by atoms with Crippen molar-refractivity contribution < 1.29 is 4.43 Å². The number of hydrogen-bond donors (Lipinski definition) is 0. The van der Waals surface area contributed by atoms with Crippen LogP contribution in [0.15, 0.2) is 60.7 Å². The molecule has 2 aromatic carbocycles. The Morgan fingerprint density at radius 1 is 0.769 bits per heavy atom. The summed E-state index contributed by atoms with van der Waals surface area (Å²) in [5.41, 5.74) is 0. The highest BCUT2D eigenvalue weighted by Crippen LogP contribution is 2.51. The van der Waals surface area contributed by atoms with Crippen molar-refractivity contribution in [3.8, 4) is 0 Å². The molecule has 2 aliphatic rings. The van der Waals surface area contributed by atoms with E-state index in [1.54, 1.807) is 0 Å². The quantitative estimate of drug-likeness (QED) is 0.694. The Hall–Kier alpha value is -1.38. The molecule has 0 aliphatic heterocycles. The Kier molecular flexibility index (Phi) is 4.61. The van der Waals surface area contributed by atoms with Crippen molar-refractivity contribution in [1.82, 2.24) is 0 Å². The standard InChI is InChI=1S/C24H32OSi/c1-18-15-20-16-19(18)17-23(20)25-26(24(2,3)4,21-11-7-5-8-12-21)22-13-9-6-10-14-22/h5-14,18-20,23H,15-17H2,1-4H3/t18-,19+,20-,23-/m0/s1. The molecule has 2 aliphatic carbocycles. The van der Waals surface area contributed by atoms with Gasteiger partial charge in [-0.1, -0.05) is 88.4 Å². The first-order chi connectivity index (χ1) is 12.4. The molecule has 0 aromatic heterocycles. The van der Waals surface area contributed by atoms with Crippen LogP contribution in [-0.2, 0) is 4.43 Å². The van der Waals surface area contributed by atoms with Crippen LogP contribution in [0.2, 0.25) is 5.04 Å². The summed E-state index contributed by atoms with van der Waals surface area (Å²) in [6.45, 7) is 9.59. The lowest BCUT2D eigenvalue weighted by Gasteiger charge is -2.46. The first-order valence-electron chi connectivity index (χ1n) is 10.2. The zero-order chi connectivity index (χ0) is 18.4. The molecule has 0 N–H and O–H groups in total.